The topological polar surface area (TPSA) is 83.6 Å². The highest BCUT2D eigenvalue weighted by atomic mass is 16.4. The van der Waals surface area contributed by atoms with Gasteiger partial charge >= 0.3 is 5.97 Å². The number of hydrogen-bond donors (Lipinski definition) is 2. The standard InChI is InChI=1S/C10H18N2O3/c11-8(10(14)15)4-5-9(13)12-6-2-1-3-7-12/h8H,1-7,11H2,(H,14,15)/t8-/m1/s1. The summed E-state index contributed by atoms with van der Waals surface area (Å²) in [6.45, 7) is 1.61. The van der Waals surface area contributed by atoms with E-state index in [1.165, 1.54) is 6.42 Å². The summed E-state index contributed by atoms with van der Waals surface area (Å²) in [5, 5.41) is 8.56. The van der Waals surface area contributed by atoms with Crippen molar-refractivity contribution in [2.24, 2.45) is 5.73 Å². The van der Waals surface area contributed by atoms with E-state index in [1.54, 1.807) is 4.90 Å². The molecule has 86 valence electrons. The second-order valence-corrected chi connectivity index (χ2v) is 3.92. The molecule has 0 radical (unpaired) electrons. The average molecular weight is 214 g/mol. The van der Waals surface area contributed by atoms with Crippen molar-refractivity contribution in [3.63, 3.8) is 0 Å². The number of rotatable bonds is 4. The van der Waals surface area contributed by atoms with Crippen LogP contribution < -0.4 is 5.73 Å². The van der Waals surface area contributed by atoms with Crippen molar-refractivity contribution in [3.8, 4) is 0 Å². The Kier molecular flexibility index (Phi) is 4.55. The van der Waals surface area contributed by atoms with E-state index < -0.39 is 12.0 Å². The first kappa shape index (κ1) is 12.0. The number of carboxylic acid groups (broad SMARTS) is 1. The highest BCUT2D eigenvalue weighted by Crippen LogP contribution is 2.10. The molecule has 1 amide bonds. The van der Waals surface area contributed by atoms with Crippen molar-refractivity contribution in [2.75, 3.05) is 13.1 Å². The normalized spacial score (nSPS) is 18.6. The van der Waals surface area contributed by atoms with Crippen molar-refractivity contribution in [1.29, 1.82) is 0 Å². The molecule has 0 saturated carbocycles. The number of nitrogens with two attached hydrogens (primary N) is 1. The number of nitrogens with zero attached hydrogens (tertiary/aromatic N) is 1. The largest absolute Gasteiger partial charge is 0.480 e. The number of carbonyl (C=O) groups excluding carboxylic acids is 1. The number of hydrogen-bond acceptors (Lipinski definition) is 3. The van der Waals surface area contributed by atoms with Crippen LogP contribution in [0.4, 0.5) is 0 Å². The minimum absolute atomic E-state index is 0.0337. The van der Waals surface area contributed by atoms with Crippen molar-refractivity contribution in [2.45, 2.75) is 38.1 Å². The number of carbonyl (C=O) groups is 2. The maximum atomic E-state index is 11.6. The second kappa shape index (κ2) is 5.70. The first-order valence-electron chi connectivity index (χ1n) is 5.37. The fourth-order valence-electron chi connectivity index (χ4n) is 1.70. The molecule has 1 rings (SSSR count). The Morgan fingerprint density at radius 2 is 1.87 bits per heavy atom. The number of aliphatic carboxylic acids is 1. The monoisotopic (exact) mass is 214 g/mol. The summed E-state index contributed by atoms with van der Waals surface area (Å²) in [4.78, 5) is 23.8. The molecular weight excluding hydrogens is 196 g/mol. The van der Waals surface area contributed by atoms with Gasteiger partial charge in [0.05, 0.1) is 0 Å². The molecule has 0 aromatic rings. The van der Waals surface area contributed by atoms with Crippen molar-refractivity contribution >= 4 is 11.9 Å². The Morgan fingerprint density at radius 1 is 1.27 bits per heavy atom. The minimum atomic E-state index is -1.04. The Labute approximate surface area is 89.2 Å². The number of carboxylic acids is 1. The van der Waals surface area contributed by atoms with Gasteiger partial charge in [0.1, 0.15) is 6.04 Å². The highest BCUT2D eigenvalue weighted by molar-refractivity contribution is 5.78. The Morgan fingerprint density at radius 3 is 2.40 bits per heavy atom. The second-order valence-electron chi connectivity index (χ2n) is 3.92. The zero-order valence-electron chi connectivity index (χ0n) is 8.82. The summed E-state index contributed by atoms with van der Waals surface area (Å²) < 4.78 is 0. The van der Waals surface area contributed by atoms with E-state index >= 15 is 0 Å². The molecule has 1 heterocycles. The predicted molar refractivity (Wildman–Crippen MR) is 55.3 cm³/mol. The maximum absolute atomic E-state index is 11.6. The van der Waals surface area contributed by atoms with Gasteiger partial charge in [-0.1, -0.05) is 0 Å². The smallest absolute Gasteiger partial charge is 0.320 e. The van der Waals surface area contributed by atoms with E-state index in [1.807, 2.05) is 0 Å². The van der Waals surface area contributed by atoms with Crippen LogP contribution in [0.3, 0.4) is 0 Å². The third kappa shape index (κ3) is 3.87. The van der Waals surface area contributed by atoms with E-state index in [2.05, 4.69) is 0 Å². The molecule has 5 heteroatoms. The van der Waals surface area contributed by atoms with Crippen molar-refractivity contribution < 1.29 is 14.7 Å². The lowest BCUT2D eigenvalue weighted by Crippen LogP contribution is -2.37. The van der Waals surface area contributed by atoms with Gasteiger partial charge in [-0.3, -0.25) is 9.59 Å². The maximum Gasteiger partial charge on any atom is 0.320 e. The average Bonchev–Trinajstić information content (AvgIpc) is 2.26. The van der Waals surface area contributed by atoms with Gasteiger partial charge < -0.3 is 15.7 Å². The molecule has 0 aromatic carbocycles. The van der Waals surface area contributed by atoms with Crippen LogP contribution in [-0.4, -0.2) is 41.0 Å². The van der Waals surface area contributed by atoms with Crippen molar-refractivity contribution in [3.05, 3.63) is 0 Å². The lowest BCUT2D eigenvalue weighted by Gasteiger charge is -2.26. The number of piperidine rings is 1. The van der Waals surface area contributed by atoms with E-state index in [0.29, 0.717) is 0 Å². The molecule has 15 heavy (non-hydrogen) atoms. The summed E-state index contributed by atoms with van der Waals surface area (Å²) in [6, 6.07) is -0.918. The van der Waals surface area contributed by atoms with Gasteiger partial charge in [-0.2, -0.15) is 0 Å². The molecule has 0 unspecified atom stereocenters. The molecule has 0 aliphatic carbocycles. The molecule has 0 spiro atoms. The van der Waals surface area contributed by atoms with Crippen LogP contribution in [0.25, 0.3) is 0 Å². The molecule has 1 aliphatic heterocycles. The third-order valence-corrected chi connectivity index (χ3v) is 2.70. The lowest BCUT2D eigenvalue weighted by molar-refractivity contribution is -0.139. The van der Waals surface area contributed by atoms with Gasteiger partial charge in [-0.15, -0.1) is 0 Å². The van der Waals surface area contributed by atoms with E-state index in [0.717, 1.165) is 25.9 Å². The molecular formula is C10H18N2O3. The van der Waals surface area contributed by atoms with Gasteiger partial charge in [0.15, 0.2) is 0 Å². The molecule has 3 N–H and O–H groups in total. The molecule has 1 aliphatic rings. The zero-order valence-corrected chi connectivity index (χ0v) is 8.82. The van der Waals surface area contributed by atoms with Crippen LogP contribution in [0, 0.1) is 0 Å². The molecule has 0 aromatic heterocycles. The van der Waals surface area contributed by atoms with Crippen LogP contribution in [0.5, 0.6) is 0 Å². The summed E-state index contributed by atoms with van der Waals surface area (Å²) in [6.07, 6.45) is 3.75. The molecule has 5 nitrogen and oxygen atoms in total. The van der Waals surface area contributed by atoms with Gasteiger partial charge in [0.25, 0.3) is 0 Å². The molecule has 1 fully saturated rings. The first-order chi connectivity index (χ1) is 7.11. The third-order valence-electron chi connectivity index (χ3n) is 2.70. The molecule has 0 bridgehead atoms. The van der Waals surface area contributed by atoms with E-state index in [9.17, 15) is 9.59 Å². The quantitative estimate of drug-likeness (QED) is 0.699. The van der Waals surface area contributed by atoms with Crippen LogP contribution in [-0.2, 0) is 9.59 Å². The summed E-state index contributed by atoms with van der Waals surface area (Å²) in [5.74, 6) is -1.01. The Balaban J connectivity index is 2.25. The van der Waals surface area contributed by atoms with Crippen LogP contribution in [0.15, 0.2) is 0 Å². The van der Waals surface area contributed by atoms with Gasteiger partial charge in [-0.05, 0) is 25.7 Å². The molecule has 1 saturated heterocycles. The molecule has 1 atom stereocenters. The number of likely N-dealkylation sites (tertiary alicyclic amines) is 1. The van der Waals surface area contributed by atoms with E-state index in [-0.39, 0.29) is 18.7 Å². The number of amides is 1. The zero-order chi connectivity index (χ0) is 11.3. The Bertz CT molecular complexity index is 237. The summed E-state index contributed by atoms with van der Waals surface area (Å²) >= 11 is 0. The predicted octanol–water partition coefficient (Wildman–Crippen LogP) is 0.191. The fourth-order valence-corrected chi connectivity index (χ4v) is 1.70. The lowest BCUT2D eigenvalue weighted by atomic mass is 10.1. The van der Waals surface area contributed by atoms with Crippen LogP contribution in [0.1, 0.15) is 32.1 Å². The summed E-state index contributed by atoms with van der Waals surface area (Å²) in [5.41, 5.74) is 5.32. The van der Waals surface area contributed by atoms with Gasteiger partial charge in [-0.25, -0.2) is 0 Å². The highest BCUT2D eigenvalue weighted by Gasteiger charge is 2.19. The van der Waals surface area contributed by atoms with E-state index in [4.69, 9.17) is 10.8 Å². The van der Waals surface area contributed by atoms with Crippen LogP contribution in [0.2, 0.25) is 0 Å². The fraction of sp³-hybridized carbons (Fsp3) is 0.800. The Hall–Kier alpha value is -1.10. The first-order valence-corrected chi connectivity index (χ1v) is 5.37. The minimum Gasteiger partial charge on any atom is -0.480 e. The van der Waals surface area contributed by atoms with Gasteiger partial charge in [0, 0.05) is 19.5 Å². The SMILES string of the molecule is N[C@H](CCC(=O)N1CCCCC1)C(=O)O. The summed E-state index contributed by atoms with van der Waals surface area (Å²) in [7, 11) is 0. The van der Waals surface area contributed by atoms with Gasteiger partial charge in [0.2, 0.25) is 5.91 Å². The van der Waals surface area contributed by atoms with Crippen LogP contribution >= 0.6 is 0 Å². The van der Waals surface area contributed by atoms with Crippen molar-refractivity contribution in [1.82, 2.24) is 4.90 Å².